The topological polar surface area (TPSA) is 101 Å². The SMILES string of the molecule is CN1C[C@H](/C=C/C(O)Cc2ccccc2)N(CCCC2(CCP(=O)(O)O)CC2)C1=O. The summed E-state index contributed by atoms with van der Waals surface area (Å²) in [4.78, 5) is 34.3. The molecule has 1 heterocycles. The van der Waals surface area contributed by atoms with Crippen LogP contribution in [0.25, 0.3) is 0 Å². The van der Waals surface area contributed by atoms with Crippen LogP contribution < -0.4 is 0 Å². The summed E-state index contributed by atoms with van der Waals surface area (Å²) >= 11 is 0. The van der Waals surface area contributed by atoms with Gasteiger partial charge in [0.15, 0.2) is 0 Å². The fourth-order valence-corrected chi connectivity index (χ4v) is 5.00. The molecule has 0 aromatic heterocycles. The zero-order chi connectivity index (χ0) is 21.8. The minimum atomic E-state index is -3.95. The smallest absolute Gasteiger partial charge is 0.325 e. The van der Waals surface area contributed by atoms with Crippen molar-refractivity contribution >= 4 is 13.6 Å². The van der Waals surface area contributed by atoms with Gasteiger partial charge in [0.25, 0.3) is 0 Å². The van der Waals surface area contributed by atoms with Crippen LogP contribution in [-0.2, 0) is 11.0 Å². The second-order valence-corrected chi connectivity index (χ2v) is 10.6. The Morgan fingerprint density at radius 3 is 2.57 bits per heavy atom. The highest BCUT2D eigenvalue weighted by molar-refractivity contribution is 7.51. The van der Waals surface area contributed by atoms with Crippen LogP contribution in [0, 0.1) is 5.41 Å². The van der Waals surface area contributed by atoms with Crippen molar-refractivity contribution in [2.45, 2.75) is 50.7 Å². The van der Waals surface area contributed by atoms with Crippen molar-refractivity contribution in [2.75, 3.05) is 26.3 Å². The van der Waals surface area contributed by atoms with Crippen LogP contribution in [0.5, 0.6) is 0 Å². The number of urea groups is 1. The highest BCUT2D eigenvalue weighted by Crippen LogP contribution is 2.55. The molecular weight excluding hydrogens is 403 g/mol. The van der Waals surface area contributed by atoms with Crippen molar-refractivity contribution in [3.8, 4) is 0 Å². The van der Waals surface area contributed by atoms with E-state index in [9.17, 15) is 14.5 Å². The first kappa shape index (κ1) is 23.0. The second-order valence-electron chi connectivity index (χ2n) is 8.81. The zero-order valence-electron chi connectivity index (χ0n) is 17.6. The van der Waals surface area contributed by atoms with Gasteiger partial charge in [0.1, 0.15) is 0 Å². The molecule has 1 aromatic carbocycles. The maximum atomic E-state index is 12.5. The molecule has 3 rings (SSSR count). The second kappa shape index (κ2) is 9.65. The van der Waals surface area contributed by atoms with Crippen molar-refractivity contribution < 1.29 is 24.3 Å². The summed E-state index contributed by atoms with van der Waals surface area (Å²) in [5, 5.41) is 10.3. The molecule has 1 aliphatic heterocycles. The van der Waals surface area contributed by atoms with Crippen LogP contribution in [0.2, 0.25) is 0 Å². The third kappa shape index (κ3) is 6.67. The Balaban J connectivity index is 1.50. The molecule has 1 saturated heterocycles. The molecule has 2 amide bonds. The molecule has 1 saturated carbocycles. The predicted octanol–water partition coefficient (Wildman–Crippen LogP) is 3.01. The van der Waals surface area contributed by atoms with E-state index < -0.39 is 13.7 Å². The number of carbonyl (C=O) groups is 1. The molecule has 8 heteroatoms. The number of aliphatic hydroxyl groups excluding tert-OH is 1. The lowest BCUT2D eigenvalue weighted by molar-refractivity contribution is 0.192. The van der Waals surface area contributed by atoms with Crippen molar-refractivity contribution in [3.63, 3.8) is 0 Å². The van der Waals surface area contributed by atoms with E-state index in [0.29, 0.717) is 25.9 Å². The van der Waals surface area contributed by atoms with Crippen molar-refractivity contribution in [3.05, 3.63) is 48.0 Å². The van der Waals surface area contributed by atoms with Gasteiger partial charge in [-0.15, -0.1) is 0 Å². The van der Waals surface area contributed by atoms with E-state index in [4.69, 9.17) is 9.79 Å². The van der Waals surface area contributed by atoms with Gasteiger partial charge in [0, 0.05) is 26.6 Å². The monoisotopic (exact) mass is 436 g/mol. The lowest BCUT2D eigenvalue weighted by Gasteiger charge is -2.23. The Bertz CT molecular complexity index is 790. The van der Waals surface area contributed by atoms with Crippen LogP contribution in [0.4, 0.5) is 4.79 Å². The van der Waals surface area contributed by atoms with Gasteiger partial charge in [-0.2, -0.15) is 0 Å². The Morgan fingerprint density at radius 2 is 1.93 bits per heavy atom. The molecular formula is C22H33N2O5P. The lowest BCUT2D eigenvalue weighted by atomic mass is 9.97. The Labute approximate surface area is 178 Å². The Hall–Kier alpha value is -1.66. The summed E-state index contributed by atoms with van der Waals surface area (Å²) in [5.74, 6) is 0. The van der Waals surface area contributed by atoms with Gasteiger partial charge < -0.3 is 24.7 Å². The quantitative estimate of drug-likeness (QED) is 0.366. The normalized spacial score (nSPS) is 22.1. The van der Waals surface area contributed by atoms with E-state index in [-0.39, 0.29) is 23.6 Å². The van der Waals surface area contributed by atoms with Gasteiger partial charge in [0.2, 0.25) is 0 Å². The number of amides is 2. The molecule has 30 heavy (non-hydrogen) atoms. The molecule has 0 spiro atoms. The third-order valence-corrected chi connectivity index (χ3v) is 7.08. The third-order valence-electron chi connectivity index (χ3n) is 6.27. The zero-order valence-corrected chi connectivity index (χ0v) is 18.5. The number of rotatable bonds is 11. The number of nitrogens with zero attached hydrogens (tertiary/aromatic N) is 2. The molecule has 166 valence electrons. The number of likely N-dealkylation sites (N-methyl/N-ethyl adjacent to an activating group) is 1. The average molecular weight is 436 g/mol. The van der Waals surface area contributed by atoms with Crippen LogP contribution in [0.1, 0.15) is 37.7 Å². The van der Waals surface area contributed by atoms with Gasteiger partial charge in [-0.1, -0.05) is 42.5 Å². The summed E-state index contributed by atoms with van der Waals surface area (Å²) in [6, 6.07) is 9.73. The van der Waals surface area contributed by atoms with Crippen molar-refractivity contribution in [2.24, 2.45) is 5.41 Å². The molecule has 1 unspecified atom stereocenters. The fraction of sp³-hybridized carbons (Fsp3) is 0.591. The number of aliphatic hydroxyl groups is 1. The van der Waals surface area contributed by atoms with E-state index in [1.54, 1.807) is 18.0 Å². The lowest BCUT2D eigenvalue weighted by Crippen LogP contribution is -2.34. The first-order chi connectivity index (χ1) is 14.2. The van der Waals surface area contributed by atoms with Crippen LogP contribution >= 0.6 is 7.60 Å². The fourth-order valence-electron chi connectivity index (χ4n) is 4.23. The molecule has 2 aliphatic rings. The molecule has 1 aliphatic carbocycles. The van der Waals surface area contributed by atoms with Gasteiger partial charge in [-0.3, -0.25) is 4.57 Å². The molecule has 0 bridgehead atoms. The largest absolute Gasteiger partial charge is 0.389 e. The summed E-state index contributed by atoms with van der Waals surface area (Å²) in [5.41, 5.74) is 1.11. The highest BCUT2D eigenvalue weighted by Gasteiger charge is 2.43. The standard InChI is InChI=1S/C22H33N2O5P/c1-23-17-19(8-9-20(25)16-18-6-3-2-4-7-18)24(21(23)26)14-5-10-22(11-12-22)13-15-30(27,28)29/h2-4,6-9,19-20,25H,5,10-17H2,1H3,(H2,27,28,29)/b9-8+/t19-,20?/m0/s1. The minimum Gasteiger partial charge on any atom is -0.389 e. The number of hydrogen-bond donors (Lipinski definition) is 3. The summed E-state index contributed by atoms with van der Waals surface area (Å²) in [6.45, 7) is 1.21. The maximum absolute atomic E-state index is 12.5. The van der Waals surface area contributed by atoms with Gasteiger partial charge >= 0.3 is 13.6 Å². The van der Waals surface area contributed by atoms with Crippen molar-refractivity contribution in [1.29, 1.82) is 0 Å². The molecule has 1 aromatic rings. The molecule has 2 fully saturated rings. The van der Waals surface area contributed by atoms with Crippen LogP contribution in [-0.4, -0.2) is 69.2 Å². The number of benzene rings is 1. The molecule has 7 nitrogen and oxygen atoms in total. The molecule has 0 radical (unpaired) electrons. The summed E-state index contributed by atoms with van der Waals surface area (Å²) in [7, 11) is -2.17. The van der Waals surface area contributed by atoms with Gasteiger partial charge in [0.05, 0.1) is 18.3 Å². The van der Waals surface area contributed by atoms with Crippen LogP contribution in [0.3, 0.4) is 0 Å². The van der Waals surface area contributed by atoms with E-state index in [1.807, 2.05) is 41.3 Å². The van der Waals surface area contributed by atoms with E-state index in [2.05, 4.69) is 0 Å². The highest BCUT2D eigenvalue weighted by atomic mass is 31.2. The minimum absolute atomic E-state index is 0.0118. The number of hydrogen-bond acceptors (Lipinski definition) is 3. The summed E-state index contributed by atoms with van der Waals surface area (Å²) in [6.07, 6.45) is 7.86. The Kier molecular flexibility index (Phi) is 7.40. The molecule has 3 N–H and O–H groups in total. The number of carbonyl (C=O) groups excluding carboxylic acids is 1. The van der Waals surface area contributed by atoms with Gasteiger partial charge in [-0.25, -0.2) is 4.79 Å². The van der Waals surface area contributed by atoms with Crippen molar-refractivity contribution in [1.82, 2.24) is 9.80 Å². The molecule has 2 atom stereocenters. The van der Waals surface area contributed by atoms with E-state index in [0.717, 1.165) is 31.2 Å². The summed E-state index contributed by atoms with van der Waals surface area (Å²) < 4.78 is 11.2. The Morgan fingerprint density at radius 1 is 1.23 bits per heavy atom. The average Bonchev–Trinajstić information content (AvgIpc) is 3.41. The van der Waals surface area contributed by atoms with E-state index in [1.165, 1.54) is 0 Å². The maximum Gasteiger partial charge on any atom is 0.325 e. The van der Waals surface area contributed by atoms with E-state index >= 15 is 0 Å². The first-order valence-electron chi connectivity index (χ1n) is 10.6. The van der Waals surface area contributed by atoms with Crippen LogP contribution in [0.15, 0.2) is 42.5 Å². The first-order valence-corrected chi connectivity index (χ1v) is 12.4. The predicted molar refractivity (Wildman–Crippen MR) is 116 cm³/mol. The van der Waals surface area contributed by atoms with Gasteiger partial charge in [-0.05, 0) is 43.1 Å².